The van der Waals surface area contributed by atoms with E-state index in [0.717, 1.165) is 25.7 Å². The van der Waals surface area contributed by atoms with E-state index < -0.39 is 0 Å². The van der Waals surface area contributed by atoms with Crippen LogP contribution in [0.25, 0.3) is 32.9 Å². The summed E-state index contributed by atoms with van der Waals surface area (Å²) < 4.78 is 12.6. The van der Waals surface area contributed by atoms with E-state index in [1.54, 1.807) is 0 Å². The molecule has 0 spiro atoms. The van der Waals surface area contributed by atoms with Crippen LogP contribution in [0.3, 0.4) is 0 Å². The zero-order chi connectivity index (χ0) is 26.1. The molecule has 7 heteroatoms. The van der Waals surface area contributed by atoms with E-state index in [1.807, 2.05) is 0 Å². The number of esters is 2. The highest BCUT2D eigenvalue weighted by molar-refractivity contribution is 6.17. The van der Waals surface area contributed by atoms with Crippen LogP contribution in [-0.4, -0.2) is 32.2 Å². The van der Waals surface area contributed by atoms with Crippen molar-refractivity contribution < 1.29 is 47.6 Å². The number of carbonyl (C=O) groups excluding carboxylic acids is 2. The van der Waals surface area contributed by atoms with Gasteiger partial charge in [0.15, 0.2) is 0 Å². The summed E-state index contributed by atoms with van der Waals surface area (Å²) in [6, 6.07) is 19.8. The molecule has 0 bridgehead atoms. The van der Waals surface area contributed by atoms with E-state index in [9.17, 15) is 9.59 Å². The van der Waals surface area contributed by atoms with Crippen LogP contribution in [0.5, 0.6) is 0 Å². The maximum Gasteiger partial charge on any atom is 0.302 e. The van der Waals surface area contributed by atoms with E-state index in [2.05, 4.69) is 78.2 Å². The molecule has 1 aliphatic heterocycles. The molecule has 0 amide bonds. The fourth-order valence-corrected chi connectivity index (χ4v) is 5.48. The summed E-state index contributed by atoms with van der Waals surface area (Å²) in [5.74, 6) is -0.477. The Kier molecular flexibility index (Phi) is 8.55. The van der Waals surface area contributed by atoms with Gasteiger partial charge >= 0.3 is 11.9 Å². The zero-order valence-corrected chi connectivity index (χ0v) is 24.5. The van der Waals surface area contributed by atoms with Crippen molar-refractivity contribution in [2.24, 2.45) is 7.05 Å². The fourth-order valence-electron chi connectivity index (χ4n) is 5.48. The summed E-state index contributed by atoms with van der Waals surface area (Å²) in [6.07, 6.45) is 3.25. The molecule has 1 aromatic heterocycles. The van der Waals surface area contributed by atoms with Gasteiger partial charge in [0.2, 0.25) is 11.0 Å². The number of ether oxygens (including phenoxy) is 2. The molecule has 0 unspecified atom stereocenters. The maximum atomic E-state index is 11.2. The predicted molar refractivity (Wildman–Crippen MR) is 146 cm³/mol. The Morgan fingerprint density at radius 2 is 1.45 bits per heavy atom. The molecule has 3 aromatic carbocycles. The van der Waals surface area contributed by atoms with Gasteiger partial charge in [-0.2, -0.15) is 4.57 Å². The van der Waals surface area contributed by atoms with Crippen LogP contribution in [0.2, 0.25) is 0 Å². The van der Waals surface area contributed by atoms with E-state index in [-0.39, 0.29) is 35.9 Å². The summed E-state index contributed by atoms with van der Waals surface area (Å²) in [6.45, 7) is 3.75. The highest BCUT2D eigenvalue weighted by Gasteiger charge is 2.30. The third kappa shape index (κ3) is 5.34. The third-order valence-corrected chi connectivity index (χ3v) is 7.18. The number of carbonyl (C=O) groups is 2. The van der Waals surface area contributed by atoms with Crippen LogP contribution in [-0.2, 0) is 39.0 Å². The largest absolute Gasteiger partial charge is 1.00 e. The Balaban J connectivity index is 0.00000336. The highest BCUT2D eigenvalue weighted by atomic mass is 127. The van der Waals surface area contributed by atoms with Crippen molar-refractivity contribution in [2.45, 2.75) is 39.5 Å². The first-order chi connectivity index (χ1) is 17.8. The lowest BCUT2D eigenvalue weighted by Gasteiger charge is -2.30. The van der Waals surface area contributed by atoms with Crippen molar-refractivity contribution in [1.82, 2.24) is 0 Å². The molecule has 0 atom stereocenters. The number of rotatable bonds is 8. The van der Waals surface area contributed by atoms with Crippen LogP contribution in [0.15, 0.2) is 54.6 Å². The number of hydrogen-bond acceptors (Lipinski definition) is 5. The first-order valence-electron chi connectivity index (χ1n) is 12.9. The molecular weight excluding hydrogens is 591 g/mol. The number of benzene rings is 3. The standard InChI is InChI=1S/C31H33N2O4.HI/c1-20(34)36-15-7-9-22-13-14-25-28(18-22)32(3)29-19-23(10-8-16-37-21(2)35)17-26-24-11-5-6-12-27(24)33(4)31(25)30(26)29;/h5-6,11-14,17-19H,7-10,15-16H2,1-4H3;1H/q+1;/p-1. The number of hydrogen-bond donors (Lipinski definition) is 0. The summed E-state index contributed by atoms with van der Waals surface area (Å²) in [5.41, 5.74) is 9.68. The van der Waals surface area contributed by atoms with Crippen LogP contribution in [0, 0.1) is 0 Å². The molecule has 0 radical (unpaired) electrons. The highest BCUT2D eigenvalue weighted by Crippen LogP contribution is 2.49. The number of anilines is 2. The first-order valence-corrected chi connectivity index (χ1v) is 12.9. The summed E-state index contributed by atoms with van der Waals surface area (Å²) >= 11 is 0. The SMILES string of the molecule is CC(=O)OCCCc1ccc2c3c4c(cc(CCCOC(C)=O)cc4[n+](C)c2c1)-c1ccccc1N3C.[I-]. The summed E-state index contributed by atoms with van der Waals surface area (Å²) in [5, 5.41) is 2.46. The molecule has 0 fully saturated rings. The van der Waals surface area contributed by atoms with Crippen molar-refractivity contribution in [3.63, 3.8) is 0 Å². The number of para-hydroxylation sites is 1. The van der Waals surface area contributed by atoms with Crippen LogP contribution < -0.4 is 33.4 Å². The summed E-state index contributed by atoms with van der Waals surface area (Å²) in [4.78, 5) is 24.6. The van der Waals surface area contributed by atoms with Crippen molar-refractivity contribution in [2.75, 3.05) is 25.2 Å². The smallest absolute Gasteiger partial charge is 0.302 e. The van der Waals surface area contributed by atoms with Gasteiger partial charge in [-0.15, -0.1) is 0 Å². The van der Waals surface area contributed by atoms with Crippen molar-refractivity contribution in [3.8, 4) is 11.1 Å². The third-order valence-electron chi connectivity index (χ3n) is 7.18. The molecule has 0 aliphatic carbocycles. The molecule has 198 valence electrons. The van der Waals surface area contributed by atoms with Gasteiger partial charge < -0.3 is 38.4 Å². The van der Waals surface area contributed by atoms with Crippen LogP contribution >= 0.6 is 0 Å². The lowest BCUT2D eigenvalue weighted by molar-refractivity contribution is -0.617. The Hall–Kier alpha value is -3.20. The van der Waals surface area contributed by atoms with Gasteiger partial charge in [-0.25, -0.2) is 0 Å². The summed E-state index contributed by atoms with van der Waals surface area (Å²) in [7, 11) is 4.28. The first kappa shape index (κ1) is 27.8. The van der Waals surface area contributed by atoms with Gasteiger partial charge in [0, 0.05) is 49.8 Å². The average molecular weight is 625 g/mol. The molecule has 6 nitrogen and oxygen atoms in total. The fraction of sp³-hybridized carbons (Fsp3) is 0.323. The van der Waals surface area contributed by atoms with Gasteiger partial charge in [0.05, 0.1) is 29.7 Å². The number of nitrogens with zero attached hydrogens (tertiary/aromatic N) is 2. The molecule has 1 aliphatic rings. The number of fused-ring (bicyclic) bond motifs is 4. The quantitative estimate of drug-likeness (QED) is 0.0993. The number of pyridine rings is 1. The van der Waals surface area contributed by atoms with Gasteiger partial charge in [0.1, 0.15) is 7.05 Å². The Morgan fingerprint density at radius 3 is 2.13 bits per heavy atom. The minimum absolute atomic E-state index is 0. The minimum atomic E-state index is -0.239. The topological polar surface area (TPSA) is 59.7 Å². The maximum absolute atomic E-state index is 11.2. The lowest BCUT2D eigenvalue weighted by Crippen LogP contribution is -3.00. The molecule has 5 rings (SSSR count). The van der Waals surface area contributed by atoms with Crippen LogP contribution in [0.1, 0.15) is 37.8 Å². The Morgan fingerprint density at radius 1 is 0.816 bits per heavy atom. The molecule has 4 aromatic rings. The number of aromatic nitrogens is 1. The number of halogens is 1. The Bertz CT molecular complexity index is 1530. The second kappa shape index (κ2) is 11.7. The van der Waals surface area contributed by atoms with Crippen molar-refractivity contribution in [3.05, 3.63) is 65.7 Å². The molecule has 38 heavy (non-hydrogen) atoms. The van der Waals surface area contributed by atoms with E-state index in [1.165, 1.54) is 69.3 Å². The second-order valence-corrected chi connectivity index (χ2v) is 9.76. The monoisotopic (exact) mass is 624 g/mol. The number of aryl methyl sites for hydroxylation is 3. The van der Waals surface area contributed by atoms with E-state index in [0.29, 0.717) is 13.2 Å². The van der Waals surface area contributed by atoms with Gasteiger partial charge in [0.25, 0.3) is 0 Å². The molecule has 0 saturated heterocycles. The Labute approximate surface area is 240 Å². The molecule has 2 heterocycles. The zero-order valence-electron chi connectivity index (χ0n) is 22.3. The molecule has 0 saturated carbocycles. The van der Waals surface area contributed by atoms with Gasteiger partial charge in [-0.05, 0) is 55.0 Å². The lowest BCUT2D eigenvalue weighted by atomic mass is 9.89. The van der Waals surface area contributed by atoms with Gasteiger partial charge in [-0.1, -0.05) is 24.3 Å². The normalized spacial score (nSPS) is 11.7. The average Bonchev–Trinajstić information content (AvgIpc) is 2.88. The molecule has 0 N–H and O–H groups in total. The van der Waals surface area contributed by atoms with E-state index >= 15 is 0 Å². The minimum Gasteiger partial charge on any atom is -1.00 e. The second-order valence-electron chi connectivity index (χ2n) is 9.76. The predicted octanol–water partition coefficient (Wildman–Crippen LogP) is 2.56. The van der Waals surface area contributed by atoms with Crippen molar-refractivity contribution >= 4 is 45.1 Å². The van der Waals surface area contributed by atoms with Gasteiger partial charge in [-0.3, -0.25) is 9.59 Å². The van der Waals surface area contributed by atoms with Crippen LogP contribution in [0.4, 0.5) is 11.4 Å². The van der Waals surface area contributed by atoms with E-state index in [4.69, 9.17) is 9.47 Å². The molecular formula is C31H33IN2O4. The van der Waals surface area contributed by atoms with Crippen molar-refractivity contribution in [1.29, 1.82) is 0 Å².